The first-order valence-corrected chi connectivity index (χ1v) is 8.32. The third-order valence-corrected chi connectivity index (χ3v) is 4.35. The molecule has 0 saturated carbocycles. The van der Waals surface area contributed by atoms with Gasteiger partial charge in [-0.1, -0.05) is 48.5 Å². The van der Waals surface area contributed by atoms with Crippen LogP contribution in [0.4, 0.5) is 4.79 Å². The first-order chi connectivity index (χ1) is 11.0. The SMILES string of the molecule is N#CCS(=O)(=O)N(Cc1ccccc1)C(=O)Oc1ccccc1. The Labute approximate surface area is 134 Å². The van der Waals surface area contributed by atoms with E-state index in [1.165, 1.54) is 12.1 Å². The number of hydrogen-bond acceptors (Lipinski definition) is 5. The van der Waals surface area contributed by atoms with E-state index in [0.717, 1.165) is 0 Å². The summed E-state index contributed by atoms with van der Waals surface area (Å²) in [4.78, 5) is 12.3. The van der Waals surface area contributed by atoms with E-state index in [9.17, 15) is 13.2 Å². The minimum atomic E-state index is -4.09. The lowest BCUT2D eigenvalue weighted by Crippen LogP contribution is -2.39. The molecule has 2 rings (SSSR count). The summed E-state index contributed by atoms with van der Waals surface area (Å²) >= 11 is 0. The second-order valence-electron chi connectivity index (χ2n) is 4.59. The number of sulfonamides is 1. The van der Waals surface area contributed by atoms with Gasteiger partial charge in [0, 0.05) is 0 Å². The molecule has 0 fully saturated rings. The summed E-state index contributed by atoms with van der Waals surface area (Å²) < 4.78 is 30.0. The molecular formula is C16H14N2O4S. The molecule has 0 unspecified atom stereocenters. The maximum absolute atomic E-state index is 12.3. The second kappa shape index (κ2) is 7.42. The van der Waals surface area contributed by atoms with Crippen molar-refractivity contribution in [3.8, 4) is 11.8 Å². The Morgan fingerprint density at radius 2 is 1.61 bits per heavy atom. The Bertz CT molecular complexity index is 799. The van der Waals surface area contributed by atoms with Gasteiger partial charge >= 0.3 is 6.09 Å². The summed E-state index contributed by atoms with van der Waals surface area (Å²) in [6, 6.07) is 18.3. The van der Waals surface area contributed by atoms with Gasteiger partial charge in [0.1, 0.15) is 5.75 Å². The van der Waals surface area contributed by atoms with Crippen molar-refractivity contribution in [2.45, 2.75) is 6.54 Å². The largest absolute Gasteiger partial charge is 0.429 e. The number of nitriles is 1. The highest BCUT2D eigenvalue weighted by atomic mass is 32.2. The molecule has 0 aromatic heterocycles. The number of carbonyl (C=O) groups excluding carboxylic acids is 1. The minimum Gasteiger partial charge on any atom is -0.409 e. The van der Waals surface area contributed by atoms with E-state index in [-0.39, 0.29) is 12.3 Å². The van der Waals surface area contributed by atoms with Crippen LogP contribution in [0.2, 0.25) is 0 Å². The Hall–Kier alpha value is -2.85. The Kier molecular flexibility index (Phi) is 5.33. The van der Waals surface area contributed by atoms with Gasteiger partial charge in [0.15, 0.2) is 5.75 Å². The molecule has 2 aromatic rings. The molecule has 7 heteroatoms. The van der Waals surface area contributed by atoms with E-state index in [1.807, 2.05) is 0 Å². The van der Waals surface area contributed by atoms with Gasteiger partial charge in [-0.25, -0.2) is 13.2 Å². The van der Waals surface area contributed by atoms with Gasteiger partial charge < -0.3 is 4.74 Å². The first kappa shape index (κ1) is 16.5. The zero-order valence-corrected chi connectivity index (χ0v) is 12.9. The van der Waals surface area contributed by atoms with E-state index in [1.54, 1.807) is 54.6 Å². The highest BCUT2D eigenvalue weighted by Crippen LogP contribution is 2.15. The number of amides is 1. The lowest BCUT2D eigenvalue weighted by molar-refractivity contribution is 0.177. The van der Waals surface area contributed by atoms with Gasteiger partial charge in [-0.15, -0.1) is 0 Å². The van der Waals surface area contributed by atoms with E-state index in [0.29, 0.717) is 9.87 Å². The number of hydrogen-bond donors (Lipinski definition) is 0. The molecule has 1 amide bonds. The summed E-state index contributed by atoms with van der Waals surface area (Å²) in [7, 11) is -4.09. The third kappa shape index (κ3) is 4.56. The van der Waals surface area contributed by atoms with Crippen molar-refractivity contribution in [2.24, 2.45) is 0 Å². The van der Waals surface area contributed by atoms with Crippen molar-refractivity contribution in [3.63, 3.8) is 0 Å². The monoisotopic (exact) mass is 330 g/mol. The highest BCUT2D eigenvalue weighted by molar-refractivity contribution is 7.89. The fourth-order valence-corrected chi connectivity index (χ4v) is 2.75. The van der Waals surface area contributed by atoms with Crippen LogP contribution in [0.1, 0.15) is 5.56 Å². The molecule has 118 valence electrons. The van der Waals surface area contributed by atoms with Crippen LogP contribution in [0.5, 0.6) is 5.75 Å². The molecule has 0 N–H and O–H groups in total. The fourth-order valence-electron chi connectivity index (χ4n) is 1.83. The standard InChI is InChI=1S/C16H14N2O4S/c17-11-12-23(20,21)18(13-14-7-3-1-4-8-14)16(19)22-15-9-5-2-6-10-15/h1-10H,12-13H2. The van der Waals surface area contributed by atoms with Crippen molar-refractivity contribution in [3.05, 3.63) is 66.2 Å². The van der Waals surface area contributed by atoms with Crippen LogP contribution in [0.25, 0.3) is 0 Å². The third-order valence-electron chi connectivity index (χ3n) is 2.90. The molecule has 0 aliphatic heterocycles. The predicted octanol–water partition coefficient (Wildman–Crippen LogP) is 2.54. The number of para-hydroxylation sites is 1. The average molecular weight is 330 g/mol. The van der Waals surface area contributed by atoms with Crippen LogP contribution in [0.3, 0.4) is 0 Å². The average Bonchev–Trinajstić information content (AvgIpc) is 2.54. The van der Waals surface area contributed by atoms with E-state index < -0.39 is 21.9 Å². The normalized spacial score (nSPS) is 10.6. The summed E-state index contributed by atoms with van der Waals surface area (Å²) in [6.45, 7) is -0.198. The lowest BCUT2D eigenvalue weighted by Gasteiger charge is -2.20. The van der Waals surface area contributed by atoms with Crippen LogP contribution >= 0.6 is 0 Å². The van der Waals surface area contributed by atoms with Gasteiger partial charge in [0.25, 0.3) is 10.0 Å². The molecule has 2 aromatic carbocycles. The van der Waals surface area contributed by atoms with Crippen LogP contribution in [0.15, 0.2) is 60.7 Å². The Balaban J connectivity index is 2.26. The number of rotatable bonds is 5. The lowest BCUT2D eigenvalue weighted by atomic mass is 10.2. The summed E-state index contributed by atoms with van der Waals surface area (Å²) in [6.07, 6.45) is -1.05. The van der Waals surface area contributed by atoms with Crippen LogP contribution in [-0.2, 0) is 16.6 Å². The van der Waals surface area contributed by atoms with Crippen LogP contribution in [-0.4, -0.2) is 24.6 Å². The predicted molar refractivity (Wildman–Crippen MR) is 83.9 cm³/mol. The molecule has 0 radical (unpaired) electrons. The fraction of sp³-hybridized carbons (Fsp3) is 0.125. The zero-order valence-electron chi connectivity index (χ0n) is 12.1. The minimum absolute atomic E-state index is 0.198. The second-order valence-corrected chi connectivity index (χ2v) is 6.48. The molecule has 0 saturated heterocycles. The van der Waals surface area contributed by atoms with Crippen LogP contribution in [0, 0.1) is 11.3 Å². The summed E-state index contributed by atoms with van der Waals surface area (Å²) in [5.74, 6) is -0.577. The number of ether oxygens (including phenoxy) is 1. The van der Waals surface area contributed by atoms with Crippen molar-refractivity contribution in [1.82, 2.24) is 4.31 Å². The molecule has 0 spiro atoms. The number of carbonyl (C=O) groups is 1. The zero-order chi connectivity index (χ0) is 16.7. The van der Waals surface area contributed by atoms with Gasteiger partial charge in [0.2, 0.25) is 0 Å². The summed E-state index contributed by atoms with van der Waals surface area (Å²) in [5, 5.41) is 8.68. The van der Waals surface area contributed by atoms with Gasteiger partial charge in [0.05, 0.1) is 12.6 Å². The molecular weight excluding hydrogens is 316 g/mol. The molecule has 0 bridgehead atoms. The van der Waals surface area contributed by atoms with Crippen molar-refractivity contribution < 1.29 is 17.9 Å². The molecule has 0 atom stereocenters. The van der Waals surface area contributed by atoms with Gasteiger partial charge in [-0.2, -0.15) is 9.57 Å². The quantitative estimate of drug-likeness (QED) is 0.840. The summed E-state index contributed by atoms with van der Waals surface area (Å²) in [5.41, 5.74) is 0.610. The molecule has 0 aliphatic rings. The van der Waals surface area contributed by atoms with Crippen molar-refractivity contribution in [1.29, 1.82) is 5.26 Å². The first-order valence-electron chi connectivity index (χ1n) is 6.71. The van der Waals surface area contributed by atoms with Crippen LogP contribution < -0.4 is 4.74 Å². The van der Waals surface area contributed by atoms with E-state index in [4.69, 9.17) is 10.00 Å². The van der Waals surface area contributed by atoms with E-state index >= 15 is 0 Å². The molecule has 0 aliphatic carbocycles. The Morgan fingerprint density at radius 3 is 2.17 bits per heavy atom. The Morgan fingerprint density at radius 1 is 1.04 bits per heavy atom. The van der Waals surface area contributed by atoms with E-state index in [2.05, 4.69) is 0 Å². The number of nitrogens with zero attached hydrogens (tertiary/aromatic N) is 2. The van der Waals surface area contributed by atoms with Crippen molar-refractivity contribution in [2.75, 3.05) is 5.75 Å². The molecule has 6 nitrogen and oxygen atoms in total. The molecule has 23 heavy (non-hydrogen) atoms. The molecule has 0 heterocycles. The van der Waals surface area contributed by atoms with Gasteiger partial charge in [-0.05, 0) is 17.7 Å². The topological polar surface area (TPSA) is 87.5 Å². The highest BCUT2D eigenvalue weighted by Gasteiger charge is 2.29. The number of benzene rings is 2. The van der Waals surface area contributed by atoms with Gasteiger partial charge in [-0.3, -0.25) is 0 Å². The smallest absolute Gasteiger partial charge is 0.409 e. The van der Waals surface area contributed by atoms with Crippen molar-refractivity contribution >= 4 is 16.1 Å². The maximum Gasteiger partial charge on any atom is 0.429 e. The maximum atomic E-state index is 12.3.